The lowest BCUT2D eigenvalue weighted by Gasteiger charge is -2.29. The van der Waals surface area contributed by atoms with Crippen LogP contribution in [0.1, 0.15) is 27.6 Å². The average Bonchev–Trinajstić information content (AvgIpc) is 3.44. The molecule has 0 aliphatic heterocycles. The minimum absolute atomic E-state index is 0.0292. The van der Waals surface area contributed by atoms with Gasteiger partial charge in [-0.05, 0) is 46.8 Å². The quantitative estimate of drug-likeness (QED) is 0.284. The molecule has 4 rings (SSSR count). The largest absolute Gasteiger partial charge is 0.393 e. The van der Waals surface area contributed by atoms with Crippen molar-refractivity contribution in [3.05, 3.63) is 124 Å². The first-order valence-electron chi connectivity index (χ1n) is 11.7. The van der Waals surface area contributed by atoms with Gasteiger partial charge in [-0.15, -0.1) is 11.3 Å². The van der Waals surface area contributed by atoms with Crippen molar-refractivity contribution in [2.75, 3.05) is 4.90 Å². The molecule has 0 saturated heterocycles. The standard InChI is InChI=1S/C30H23F3N2O2S/c31-30(32,33)20-24-13-7-14-25(19-24)35(27(36)17-16-22-9-3-1-4-10-22)28(26-15-8-18-38-26)29(37)34-21-23-11-5-2-6-12-23/h1-15,18-19,28H,20-21H2,(H,34,37). The summed E-state index contributed by atoms with van der Waals surface area (Å²) in [6.07, 6.45) is -5.59. The highest BCUT2D eigenvalue weighted by Gasteiger charge is 2.34. The van der Waals surface area contributed by atoms with Crippen LogP contribution in [0.2, 0.25) is 0 Å². The Bertz CT molecular complexity index is 1430. The molecule has 0 radical (unpaired) electrons. The molecular formula is C30H23F3N2O2S. The third kappa shape index (κ3) is 7.34. The van der Waals surface area contributed by atoms with E-state index in [0.29, 0.717) is 10.4 Å². The van der Waals surface area contributed by atoms with Crippen molar-refractivity contribution >= 4 is 28.8 Å². The van der Waals surface area contributed by atoms with Crippen LogP contribution in [0.3, 0.4) is 0 Å². The predicted octanol–water partition coefficient (Wildman–Crippen LogP) is 6.30. The number of carbonyl (C=O) groups excluding carboxylic acids is 2. The number of nitrogens with zero attached hydrogens (tertiary/aromatic N) is 1. The van der Waals surface area contributed by atoms with Crippen molar-refractivity contribution in [3.8, 4) is 11.8 Å². The fourth-order valence-corrected chi connectivity index (χ4v) is 4.65. The second-order valence-electron chi connectivity index (χ2n) is 8.37. The second-order valence-corrected chi connectivity index (χ2v) is 9.35. The van der Waals surface area contributed by atoms with Crippen molar-refractivity contribution in [1.29, 1.82) is 0 Å². The molecule has 0 bridgehead atoms. The lowest BCUT2D eigenvalue weighted by atomic mass is 10.1. The zero-order chi connectivity index (χ0) is 27.0. The van der Waals surface area contributed by atoms with Crippen molar-refractivity contribution in [2.24, 2.45) is 0 Å². The van der Waals surface area contributed by atoms with Crippen LogP contribution in [0, 0.1) is 11.8 Å². The van der Waals surface area contributed by atoms with Crippen LogP contribution < -0.4 is 10.2 Å². The van der Waals surface area contributed by atoms with E-state index in [2.05, 4.69) is 17.2 Å². The summed E-state index contributed by atoms with van der Waals surface area (Å²) in [5.74, 6) is 4.17. The van der Waals surface area contributed by atoms with Gasteiger partial charge in [-0.3, -0.25) is 14.5 Å². The predicted molar refractivity (Wildman–Crippen MR) is 142 cm³/mol. The summed E-state index contributed by atoms with van der Waals surface area (Å²) >= 11 is 1.27. The number of nitrogens with one attached hydrogen (secondary N) is 1. The van der Waals surface area contributed by atoms with E-state index in [1.165, 1.54) is 40.5 Å². The van der Waals surface area contributed by atoms with Gasteiger partial charge in [0, 0.05) is 28.6 Å². The maximum absolute atomic E-state index is 13.6. The molecule has 4 nitrogen and oxygen atoms in total. The van der Waals surface area contributed by atoms with Crippen LogP contribution in [0.25, 0.3) is 0 Å². The Morgan fingerprint density at radius 2 is 1.55 bits per heavy atom. The summed E-state index contributed by atoms with van der Waals surface area (Å²) in [6.45, 7) is 0.216. The third-order valence-electron chi connectivity index (χ3n) is 5.53. The zero-order valence-electron chi connectivity index (χ0n) is 20.1. The van der Waals surface area contributed by atoms with Gasteiger partial charge in [0.15, 0.2) is 6.04 Å². The van der Waals surface area contributed by atoms with Crippen molar-refractivity contribution in [3.63, 3.8) is 0 Å². The Kier molecular flexibility index (Phi) is 8.62. The van der Waals surface area contributed by atoms with Crippen LogP contribution in [0.15, 0.2) is 102 Å². The van der Waals surface area contributed by atoms with Crippen LogP contribution in [0.4, 0.5) is 18.9 Å². The molecule has 8 heteroatoms. The molecule has 38 heavy (non-hydrogen) atoms. The van der Waals surface area contributed by atoms with E-state index in [4.69, 9.17) is 0 Å². The highest BCUT2D eigenvalue weighted by molar-refractivity contribution is 7.10. The average molecular weight is 533 g/mol. The van der Waals surface area contributed by atoms with Crippen molar-refractivity contribution in [1.82, 2.24) is 5.32 Å². The molecule has 1 atom stereocenters. The number of thiophene rings is 1. The Morgan fingerprint density at radius 3 is 2.21 bits per heavy atom. The van der Waals surface area contributed by atoms with Gasteiger partial charge in [0.05, 0.1) is 6.42 Å². The highest BCUT2D eigenvalue weighted by Crippen LogP contribution is 2.32. The number of hydrogen-bond acceptors (Lipinski definition) is 3. The van der Waals surface area contributed by atoms with Gasteiger partial charge in [-0.2, -0.15) is 13.2 Å². The molecule has 1 heterocycles. The minimum atomic E-state index is -4.43. The van der Waals surface area contributed by atoms with Crippen LogP contribution in [0.5, 0.6) is 0 Å². The number of alkyl halides is 3. The highest BCUT2D eigenvalue weighted by atomic mass is 32.1. The number of hydrogen-bond donors (Lipinski definition) is 1. The topological polar surface area (TPSA) is 49.4 Å². The van der Waals surface area contributed by atoms with Crippen molar-refractivity contribution in [2.45, 2.75) is 25.2 Å². The van der Waals surface area contributed by atoms with E-state index in [1.54, 1.807) is 41.8 Å². The summed E-state index contributed by atoms with van der Waals surface area (Å²) < 4.78 is 39.4. The Morgan fingerprint density at radius 1 is 0.868 bits per heavy atom. The van der Waals surface area contributed by atoms with E-state index in [1.807, 2.05) is 36.4 Å². The first-order valence-corrected chi connectivity index (χ1v) is 12.6. The molecule has 2 amide bonds. The van der Waals surface area contributed by atoms with Gasteiger partial charge >= 0.3 is 12.1 Å². The van der Waals surface area contributed by atoms with Crippen LogP contribution in [-0.4, -0.2) is 18.0 Å². The van der Waals surface area contributed by atoms with E-state index < -0.39 is 30.5 Å². The number of halogens is 3. The fourth-order valence-electron chi connectivity index (χ4n) is 3.84. The monoisotopic (exact) mass is 532 g/mol. The van der Waals surface area contributed by atoms with E-state index in [-0.39, 0.29) is 17.8 Å². The number of benzene rings is 3. The van der Waals surface area contributed by atoms with Gasteiger partial charge in [0.1, 0.15) is 0 Å². The minimum Gasteiger partial charge on any atom is -0.350 e. The summed E-state index contributed by atoms with van der Waals surface area (Å²) in [5, 5.41) is 4.63. The van der Waals surface area contributed by atoms with Crippen LogP contribution >= 0.6 is 11.3 Å². The summed E-state index contributed by atoms with van der Waals surface area (Å²) in [6, 6.07) is 26.0. The molecular weight excluding hydrogens is 509 g/mol. The van der Waals surface area contributed by atoms with Gasteiger partial charge in [0.25, 0.3) is 0 Å². The van der Waals surface area contributed by atoms with Gasteiger partial charge < -0.3 is 5.32 Å². The Labute approximate surface area is 222 Å². The Balaban J connectivity index is 1.75. The fraction of sp³-hybridized carbons (Fsp3) is 0.133. The summed E-state index contributed by atoms with van der Waals surface area (Å²) in [7, 11) is 0. The molecule has 0 saturated carbocycles. The molecule has 3 aromatic carbocycles. The molecule has 0 aliphatic carbocycles. The maximum atomic E-state index is 13.6. The second kappa shape index (κ2) is 12.3. The smallest absolute Gasteiger partial charge is 0.350 e. The SMILES string of the molecule is O=C(NCc1ccccc1)C(c1cccs1)N(C(=O)C#Cc1ccccc1)c1cccc(CC(F)(F)F)c1. The first-order chi connectivity index (χ1) is 18.3. The number of amides is 2. The van der Waals surface area contributed by atoms with E-state index >= 15 is 0 Å². The molecule has 0 fully saturated rings. The molecule has 1 unspecified atom stereocenters. The maximum Gasteiger partial charge on any atom is 0.393 e. The van der Waals surface area contributed by atoms with Crippen molar-refractivity contribution < 1.29 is 22.8 Å². The van der Waals surface area contributed by atoms with Gasteiger partial charge in [-0.1, -0.05) is 72.7 Å². The lowest BCUT2D eigenvalue weighted by molar-refractivity contribution is -0.127. The Hall–Kier alpha value is -4.35. The molecule has 1 aromatic heterocycles. The number of carbonyl (C=O) groups is 2. The first kappa shape index (κ1) is 26.7. The zero-order valence-corrected chi connectivity index (χ0v) is 20.9. The van der Waals surface area contributed by atoms with Gasteiger partial charge in [-0.25, -0.2) is 0 Å². The summed E-state index contributed by atoms with van der Waals surface area (Å²) in [5.41, 5.74) is 1.57. The van der Waals surface area contributed by atoms with E-state index in [0.717, 1.165) is 5.56 Å². The molecule has 192 valence electrons. The normalized spacial score (nSPS) is 11.7. The molecule has 4 aromatic rings. The van der Waals surface area contributed by atoms with E-state index in [9.17, 15) is 22.8 Å². The molecule has 0 aliphatic rings. The summed E-state index contributed by atoms with van der Waals surface area (Å²) in [4.78, 5) is 28.9. The number of rotatable bonds is 7. The lowest BCUT2D eigenvalue weighted by Crippen LogP contribution is -2.43. The van der Waals surface area contributed by atoms with Crippen LogP contribution in [-0.2, 0) is 22.6 Å². The third-order valence-corrected chi connectivity index (χ3v) is 6.45. The van der Waals surface area contributed by atoms with Gasteiger partial charge in [0.2, 0.25) is 5.91 Å². The molecule has 1 N–H and O–H groups in total. The number of anilines is 1. The molecule has 0 spiro atoms.